The van der Waals surface area contributed by atoms with Gasteiger partial charge in [-0.1, -0.05) is 13.8 Å². The number of nitrogen functional groups attached to an aromatic ring is 1. The van der Waals surface area contributed by atoms with Crippen molar-refractivity contribution in [2.24, 2.45) is 0 Å². The Morgan fingerprint density at radius 2 is 2.00 bits per heavy atom. The Morgan fingerprint density at radius 1 is 1.29 bits per heavy atom. The van der Waals surface area contributed by atoms with E-state index in [2.05, 4.69) is 9.97 Å². The lowest BCUT2D eigenvalue weighted by molar-refractivity contribution is 0.0527. The van der Waals surface area contributed by atoms with Gasteiger partial charge in [-0.15, -0.1) is 0 Å². The highest BCUT2D eigenvalue weighted by molar-refractivity contribution is 5.99. The third-order valence-electron chi connectivity index (χ3n) is 3.73. The predicted molar refractivity (Wildman–Crippen MR) is 90.0 cm³/mol. The average molecular weight is 327 g/mol. The first kappa shape index (κ1) is 15.9. The maximum Gasteiger partial charge on any atom is 0.341 e. The number of carbonyl (C=O) groups is 1. The topological polar surface area (TPSA) is 108 Å². The number of nitrogens with zero attached hydrogens (tertiary/aromatic N) is 2. The van der Waals surface area contributed by atoms with Crippen LogP contribution in [0.5, 0.6) is 0 Å². The monoisotopic (exact) mass is 327 g/mol. The molecule has 3 aromatic heterocycles. The molecule has 0 aliphatic carbocycles. The lowest BCUT2D eigenvalue weighted by Crippen LogP contribution is -2.12. The number of nitrogens with two attached hydrogens (primary N) is 1. The van der Waals surface area contributed by atoms with Crippen molar-refractivity contribution in [2.75, 3.05) is 12.3 Å². The molecule has 0 saturated heterocycles. The first-order chi connectivity index (χ1) is 11.4. The molecule has 0 saturated carbocycles. The summed E-state index contributed by atoms with van der Waals surface area (Å²) in [6.45, 7) is 5.90. The van der Waals surface area contributed by atoms with Crippen LogP contribution in [0.4, 0.5) is 5.82 Å². The summed E-state index contributed by atoms with van der Waals surface area (Å²) in [4.78, 5) is 32.9. The van der Waals surface area contributed by atoms with Gasteiger partial charge in [-0.25, -0.2) is 9.78 Å². The summed E-state index contributed by atoms with van der Waals surface area (Å²) in [7, 11) is 0. The zero-order chi connectivity index (χ0) is 17.4. The summed E-state index contributed by atoms with van der Waals surface area (Å²) in [5, 5.41) is 0.512. The Balaban J connectivity index is 2.31. The summed E-state index contributed by atoms with van der Waals surface area (Å²) in [6, 6.07) is 3.11. The van der Waals surface area contributed by atoms with Gasteiger partial charge in [0.25, 0.3) is 0 Å². The first-order valence-electron chi connectivity index (χ1n) is 7.62. The smallest absolute Gasteiger partial charge is 0.341 e. The van der Waals surface area contributed by atoms with E-state index in [0.29, 0.717) is 5.39 Å². The molecular formula is C17H17N3O4. The molecule has 0 spiro atoms. The van der Waals surface area contributed by atoms with Gasteiger partial charge in [0.05, 0.1) is 17.4 Å². The molecule has 124 valence electrons. The highest BCUT2D eigenvalue weighted by Crippen LogP contribution is 2.22. The van der Waals surface area contributed by atoms with Gasteiger partial charge < -0.3 is 14.9 Å². The van der Waals surface area contributed by atoms with Gasteiger partial charge in [0.2, 0.25) is 16.9 Å². The van der Waals surface area contributed by atoms with Crippen LogP contribution in [-0.2, 0) is 4.74 Å². The number of hydrogen-bond acceptors (Lipinski definition) is 7. The lowest BCUT2D eigenvalue weighted by Gasteiger charge is -2.08. The van der Waals surface area contributed by atoms with Crippen LogP contribution in [0.2, 0.25) is 0 Å². The van der Waals surface area contributed by atoms with Crippen molar-refractivity contribution < 1.29 is 13.9 Å². The summed E-state index contributed by atoms with van der Waals surface area (Å²) in [5.41, 5.74) is 6.67. The van der Waals surface area contributed by atoms with Crippen molar-refractivity contribution in [1.82, 2.24) is 9.97 Å². The number of ether oxygens (including phenoxy) is 1. The van der Waals surface area contributed by atoms with Gasteiger partial charge in [0.1, 0.15) is 11.4 Å². The molecule has 3 aromatic rings. The number of carbonyl (C=O) groups excluding carboxylic acids is 1. The van der Waals surface area contributed by atoms with Gasteiger partial charge >= 0.3 is 5.97 Å². The van der Waals surface area contributed by atoms with E-state index in [1.165, 1.54) is 6.07 Å². The molecule has 7 heteroatoms. The summed E-state index contributed by atoms with van der Waals surface area (Å²) >= 11 is 0. The van der Waals surface area contributed by atoms with Crippen molar-refractivity contribution >= 4 is 34.0 Å². The van der Waals surface area contributed by atoms with Gasteiger partial charge in [-0.05, 0) is 30.5 Å². The fourth-order valence-corrected chi connectivity index (χ4v) is 2.39. The van der Waals surface area contributed by atoms with Crippen LogP contribution < -0.4 is 11.2 Å². The summed E-state index contributed by atoms with van der Waals surface area (Å²) in [5.74, 6) is -0.461. The normalized spacial score (nSPS) is 11.3. The van der Waals surface area contributed by atoms with E-state index in [-0.39, 0.29) is 46.1 Å². The minimum absolute atomic E-state index is 0.0443. The van der Waals surface area contributed by atoms with E-state index in [1.807, 2.05) is 13.8 Å². The fraction of sp³-hybridized carbons (Fsp3) is 0.294. The van der Waals surface area contributed by atoms with Crippen LogP contribution in [0.1, 0.15) is 42.6 Å². The number of fused-ring (bicyclic) bond motifs is 2. The second-order valence-corrected chi connectivity index (χ2v) is 5.70. The van der Waals surface area contributed by atoms with Gasteiger partial charge in [0, 0.05) is 6.20 Å². The molecule has 3 heterocycles. The Hall–Kier alpha value is -2.96. The van der Waals surface area contributed by atoms with Crippen LogP contribution in [0.25, 0.3) is 22.2 Å². The molecule has 3 rings (SSSR count). The fourth-order valence-electron chi connectivity index (χ4n) is 2.39. The van der Waals surface area contributed by atoms with E-state index in [4.69, 9.17) is 14.9 Å². The van der Waals surface area contributed by atoms with E-state index < -0.39 is 5.97 Å². The molecular weight excluding hydrogens is 310 g/mol. The number of pyridine rings is 2. The molecule has 0 amide bonds. The molecule has 0 bridgehead atoms. The van der Waals surface area contributed by atoms with Crippen molar-refractivity contribution in [2.45, 2.75) is 26.7 Å². The van der Waals surface area contributed by atoms with Crippen LogP contribution in [0.15, 0.2) is 27.5 Å². The van der Waals surface area contributed by atoms with E-state index >= 15 is 0 Å². The number of aromatic nitrogens is 2. The highest BCUT2D eigenvalue weighted by Gasteiger charge is 2.18. The number of anilines is 1. The standard InChI is InChI=1S/C17H17N3O4/c1-4-23-17(22)12-6-11-13(21)10-5-9(8(2)3)7-19-15(10)24-16(11)20-14(12)18/h5-8H,4H2,1-3H3,(H2,18,20). The minimum Gasteiger partial charge on any atom is -0.462 e. The van der Waals surface area contributed by atoms with Crippen LogP contribution in [-0.4, -0.2) is 22.5 Å². The second-order valence-electron chi connectivity index (χ2n) is 5.70. The van der Waals surface area contributed by atoms with Crippen molar-refractivity contribution in [1.29, 1.82) is 0 Å². The van der Waals surface area contributed by atoms with Crippen molar-refractivity contribution in [3.8, 4) is 0 Å². The maximum atomic E-state index is 12.8. The lowest BCUT2D eigenvalue weighted by atomic mass is 10.0. The van der Waals surface area contributed by atoms with E-state index in [0.717, 1.165) is 5.56 Å². The molecule has 0 aliphatic heterocycles. The molecule has 0 radical (unpaired) electrons. The molecule has 7 nitrogen and oxygen atoms in total. The Bertz CT molecular complexity index is 1010. The van der Waals surface area contributed by atoms with Crippen molar-refractivity contribution in [3.05, 3.63) is 39.7 Å². The highest BCUT2D eigenvalue weighted by atomic mass is 16.5. The number of esters is 1. The zero-order valence-corrected chi connectivity index (χ0v) is 13.6. The largest absolute Gasteiger partial charge is 0.462 e. The molecule has 24 heavy (non-hydrogen) atoms. The van der Waals surface area contributed by atoms with E-state index in [9.17, 15) is 9.59 Å². The molecule has 2 N–H and O–H groups in total. The van der Waals surface area contributed by atoms with Crippen LogP contribution in [0.3, 0.4) is 0 Å². The molecule has 0 atom stereocenters. The predicted octanol–water partition coefficient (Wildman–Crippen LogP) is 2.62. The van der Waals surface area contributed by atoms with E-state index in [1.54, 1.807) is 19.2 Å². The Kier molecular flexibility index (Phi) is 3.92. The Labute approximate surface area is 137 Å². The maximum absolute atomic E-state index is 12.8. The molecule has 0 unspecified atom stereocenters. The second kappa shape index (κ2) is 5.92. The molecule has 0 aliphatic rings. The number of rotatable bonds is 3. The van der Waals surface area contributed by atoms with Crippen LogP contribution >= 0.6 is 0 Å². The van der Waals surface area contributed by atoms with Gasteiger partial charge in [-0.3, -0.25) is 4.79 Å². The molecule has 0 fully saturated rings. The van der Waals surface area contributed by atoms with Gasteiger partial charge in [-0.2, -0.15) is 4.98 Å². The number of hydrogen-bond donors (Lipinski definition) is 1. The third-order valence-corrected chi connectivity index (χ3v) is 3.73. The summed E-state index contributed by atoms with van der Waals surface area (Å²) in [6.07, 6.45) is 1.66. The zero-order valence-electron chi connectivity index (χ0n) is 13.6. The van der Waals surface area contributed by atoms with Crippen LogP contribution in [0, 0.1) is 0 Å². The average Bonchev–Trinajstić information content (AvgIpc) is 2.54. The Morgan fingerprint density at radius 3 is 2.67 bits per heavy atom. The van der Waals surface area contributed by atoms with Gasteiger partial charge in [0.15, 0.2) is 0 Å². The van der Waals surface area contributed by atoms with Crippen molar-refractivity contribution in [3.63, 3.8) is 0 Å². The summed E-state index contributed by atoms with van der Waals surface area (Å²) < 4.78 is 10.5. The third kappa shape index (κ3) is 2.58. The SMILES string of the molecule is CCOC(=O)c1cc2c(=O)c3cc(C(C)C)cnc3oc2nc1N. The first-order valence-corrected chi connectivity index (χ1v) is 7.62. The quantitative estimate of drug-likeness (QED) is 0.581. The molecule has 0 aromatic carbocycles. The minimum atomic E-state index is -0.627.